The fraction of sp³-hybridized carbons (Fsp3) is 0.200. The molecular weight excluding hydrogens is 304 g/mol. The van der Waals surface area contributed by atoms with Crippen LogP contribution < -0.4 is 4.31 Å². The molecule has 0 unspecified atom stereocenters. The van der Waals surface area contributed by atoms with E-state index in [0.717, 1.165) is 0 Å². The number of pyridine rings is 1. The van der Waals surface area contributed by atoms with E-state index in [-0.39, 0.29) is 17.0 Å². The normalized spacial score (nSPS) is 11.2. The summed E-state index contributed by atoms with van der Waals surface area (Å²) in [7, 11) is -3.78. The average molecular weight is 320 g/mol. The molecule has 0 spiro atoms. The van der Waals surface area contributed by atoms with Gasteiger partial charge in [0.05, 0.1) is 22.3 Å². The minimum atomic E-state index is -3.78. The summed E-state index contributed by atoms with van der Waals surface area (Å²) in [6, 6.07) is 7.29. The molecule has 0 aliphatic carbocycles. The topological polar surface area (TPSA) is 87.6 Å². The summed E-state index contributed by atoms with van der Waals surface area (Å²) in [6.07, 6.45) is 3.04. The number of carbonyl (C=O) groups is 1. The summed E-state index contributed by atoms with van der Waals surface area (Å²) in [5.74, 6) is -1.09. The predicted molar refractivity (Wildman–Crippen MR) is 82.6 cm³/mol. The molecule has 0 radical (unpaired) electrons. The zero-order valence-corrected chi connectivity index (χ0v) is 13.0. The number of hydrogen-bond donors (Lipinski definition) is 1. The molecule has 0 fully saturated rings. The van der Waals surface area contributed by atoms with Gasteiger partial charge in [0.1, 0.15) is 0 Å². The first-order valence-electron chi connectivity index (χ1n) is 6.64. The summed E-state index contributed by atoms with van der Waals surface area (Å²) in [5.41, 5.74) is 0.912. The van der Waals surface area contributed by atoms with Gasteiger partial charge in [-0.15, -0.1) is 0 Å². The van der Waals surface area contributed by atoms with Crippen LogP contribution in [0, 0.1) is 6.92 Å². The molecule has 1 aromatic carbocycles. The Morgan fingerprint density at radius 2 is 2.05 bits per heavy atom. The van der Waals surface area contributed by atoms with Crippen molar-refractivity contribution in [2.45, 2.75) is 18.7 Å². The molecule has 116 valence electrons. The quantitative estimate of drug-likeness (QED) is 0.913. The first-order valence-corrected chi connectivity index (χ1v) is 8.08. The highest BCUT2D eigenvalue weighted by Gasteiger charge is 2.25. The predicted octanol–water partition coefficient (Wildman–Crippen LogP) is 2.30. The fourth-order valence-electron chi connectivity index (χ4n) is 2.18. The largest absolute Gasteiger partial charge is 0.478 e. The number of carboxylic acid groups (broad SMARTS) is 1. The van der Waals surface area contributed by atoms with Crippen LogP contribution in [0.1, 0.15) is 22.8 Å². The van der Waals surface area contributed by atoms with E-state index in [1.165, 1.54) is 28.7 Å². The van der Waals surface area contributed by atoms with Crippen molar-refractivity contribution in [2.75, 3.05) is 10.8 Å². The molecule has 0 saturated carbocycles. The highest BCUT2D eigenvalue weighted by Crippen LogP contribution is 2.25. The van der Waals surface area contributed by atoms with Gasteiger partial charge in [-0.3, -0.25) is 9.29 Å². The maximum atomic E-state index is 12.8. The summed E-state index contributed by atoms with van der Waals surface area (Å²) in [5, 5.41) is 8.97. The maximum absolute atomic E-state index is 12.8. The Kier molecular flexibility index (Phi) is 4.46. The summed E-state index contributed by atoms with van der Waals surface area (Å²) in [4.78, 5) is 15.0. The molecule has 1 aromatic heterocycles. The van der Waals surface area contributed by atoms with E-state index in [1.54, 1.807) is 32.2 Å². The van der Waals surface area contributed by atoms with Crippen molar-refractivity contribution in [1.29, 1.82) is 0 Å². The zero-order valence-electron chi connectivity index (χ0n) is 12.2. The van der Waals surface area contributed by atoms with E-state index in [9.17, 15) is 13.2 Å². The Hall–Kier alpha value is -2.41. The average Bonchev–Trinajstić information content (AvgIpc) is 2.48. The number of sulfonamides is 1. The van der Waals surface area contributed by atoms with Crippen LogP contribution in [-0.2, 0) is 10.0 Å². The molecular formula is C15H16N2O4S. The Morgan fingerprint density at radius 3 is 2.55 bits per heavy atom. The molecule has 0 amide bonds. The number of aromatic nitrogens is 1. The van der Waals surface area contributed by atoms with E-state index in [1.807, 2.05) is 0 Å². The smallest absolute Gasteiger partial charge is 0.335 e. The van der Waals surface area contributed by atoms with Gasteiger partial charge < -0.3 is 5.11 Å². The van der Waals surface area contributed by atoms with Crippen LogP contribution in [0.3, 0.4) is 0 Å². The minimum absolute atomic E-state index is 0.0564. The first-order chi connectivity index (χ1) is 10.4. The third-order valence-electron chi connectivity index (χ3n) is 3.21. The highest BCUT2D eigenvalue weighted by atomic mass is 32.2. The van der Waals surface area contributed by atoms with Crippen molar-refractivity contribution < 1.29 is 18.3 Å². The van der Waals surface area contributed by atoms with Gasteiger partial charge in [0, 0.05) is 12.7 Å². The molecule has 6 nitrogen and oxygen atoms in total. The van der Waals surface area contributed by atoms with E-state index in [4.69, 9.17) is 5.11 Å². The third kappa shape index (κ3) is 2.94. The van der Waals surface area contributed by atoms with Gasteiger partial charge in [0.15, 0.2) is 0 Å². The molecule has 1 N–H and O–H groups in total. The monoisotopic (exact) mass is 320 g/mol. The van der Waals surface area contributed by atoms with Crippen molar-refractivity contribution in [3.05, 3.63) is 53.9 Å². The SMILES string of the molecule is CCN(c1cccnc1)S(=O)(=O)c1ccc(C(=O)O)cc1C. The van der Waals surface area contributed by atoms with Crippen LogP contribution in [0.4, 0.5) is 5.69 Å². The number of aryl methyl sites for hydroxylation is 1. The standard InChI is InChI=1S/C15H16N2O4S/c1-3-17(13-5-4-8-16-10-13)22(20,21)14-7-6-12(15(18)19)9-11(14)2/h4-10H,3H2,1-2H3,(H,18,19). The van der Waals surface area contributed by atoms with E-state index < -0.39 is 16.0 Å². The van der Waals surface area contributed by atoms with Gasteiger partial charge in [-0.1, -0.05) is 0 Å². The lowest BCUT2D eigenvalue weighted by Gasteiger charge is -2.23. The molecule has 0 aliphatic heterocycles. The van der Waals surface area contributed by atoms with E-state index in [2.05, 4.69) is 4.98 Å². The summed E-state index contributed by atoms with van der Waals surface area (Å²) < 4.78 is 26.9. The maximum Gasteiger partial charge on any atom is 0.335 e. The Labute approximate surface area is 129 Å². The van der Waals surface area contributed by atoms with Gasteiger partial charge in [-0.2, -0.15) is 0 Å². The second-order valence-electron chi connectivity index (χ2n) is 4.67. The number of rotatable bonds is 5. The molecule has 2 aromatic rings. The molecule has 7 heteroatoms. The second-order valence-corrected chi connectivity index (χ2v) is 6.50. The van der Waals surface area contributed by atoms with Crippen molar-refractivity contribution in [1.82, 2.24) is 4.98 Å². The van der Waals surface area contributed by atoms with Gasteiger partial charge in [-0.25, -0.2) is 13.2 Å². The number of benzene rings is 1. The number of aromatic carboxylic acids is 1. The van der Waals surface area contributed by atoms with Crippen LogP contribution in [0.15, 0.2) is 47.6 Å². The summed E-state index contributed by atoms with van der Waals surface area (Å²) in [6.45, 7) is 3.55. The molecule has 0 bridgehead atoms. The van der Waals surface area contributed by atoms with E-state index >= 15 is 0 Å². The first kappa shape index (κ1) is 16.0. The zero-order chi connectivity index (χ0) is 16.3. The van der Waals surface area contributed by atoms with Crippen LogP contribution in [0.2, 0.25) is 0 Å². The molecule has 1 heterocycles. The van der Waals surface area contributed by atoms with Crippen LogP contribution in [0.25, 0.3) is 0 Å². The van der Waals surface area contributed by atoms with Crippen molar-refractivity contribution >= 4 is 21.7 Å². The molecule has 0 atom stereocenters. The van der Waals surface area contributed by atoms with Crippen molar-refractivity contribution in [3.8, 4) is 0 Å². The molecule has 0 aliphatic rings. The lowest BCUT2D eigenvalue weighted by atomic mass is 10.1. The lowest BCUT2D eigenvalue weighted by molar-refractivity contribution is 0.0696. The number of hydrogen-bond acceptors (Lipinski definition) is 4. The van der Waals surface area contributed by atoms with Crippen LogP contribution in [-0.4, -0.2) is 31.0 Å². The number of nitrogens with zero attached hydrogens (tertiary/aromatic N) is 2. The third-order valence-corrected chi connectivity index (χ3v) is 5.27. The van der Waals surface area contributed by atoms with E-state index in [0.29, 0.717) is 11.3 Å². The molecule has 22 heavy (non-hydrogen) atoms. The lowest BCUT2D eigenvalue weighted by Crippen LogP contribution is -2.31. The van der Waals surface area contributed by atoms with Crippen LogP contribution in [0.5, 0.6) is 0 Å². The highest BCUT2D eigenvalue weighted by molar-refractivity contribution is 7.92. The molecule has 2 rings (SSSR count). The summed E-state index contributed by atoms with van der Waals surface area (Å²) >= 11 is 0. The van der Waals surface area contributed by atoms with Crippen LogP contribution >= 0.6 is 0 Å². The van der Waals surface area contributed by atoms with Gasteiger partial charge in [-0.05, 0) is 49.7 Å². The number of anilines is 1. The minimum Gasteiger partial charge on any atom is -0.478 e. The Bertz CT molecular complexity index is 788. The Morgan fingerprint density at radius 1 is 1.32 bits per heavy atom. The van der Waals surface area contributed by atoms with Gasteiger partial charge in [0.25, 0.3) is 10.0 Å². The van der Waals surface area contributed by atoms with Crippen molar-refractivity contribution in [2.24, 2.45) is 0 Å². The second kappa shape index (κ2) is 6.15. The van der Waals surface area contributed by atoms with Crippen molar-refractivity contribution in [3.63, 3.8) is 0 Å². The number of carboxylic acids is 1. The Balaban J connectivity index is 2.52. The molecule has 0 saturated heterocycles. The van der Waals surface area contributed by atoms with Gasteiger partial charge in [0.2, 0.25) is 0 Å². The van der Waals surface area contributed by atoms with Gasteiger partial charge >= 0.3 is 5.97 Å². The fourth-order valence-corrected chi connectivity index (χ4v) is 3.85.